The summed E-state index contributed by atoms with van der Waals surface area (Å²) < 4.78 is 5.19. The molecule has 0 aliphatic carbocycles. The standard InChI is InChI=1S/C18H17N3O4S/c1-11(10-22)14(9-20-18-19-6-7-26-18)21-16(23)13-8-12-4-2-3-5-15(12)25-17(13)24/h2-8,10-11,14H,9H2,1H3,(H,19,20)(H,21,23)/t11-,14-/m1/s1. The number of benzene rings is 1. The third-order valence-electron chi connectivity index (χ3n) is 3.96. The molecule has 2 N–H and O–H groups in total. The van der Waals surface area contributed by atoms with Gasteiger partial charge < -0.3 is 19.8 Å². The third-order valence-corrected chi connectivity index (χ3v) is 4.69. The van der Waals surface area contributed by atoms with Crippen molar-refractivity contribution in [2.24, 2.45) is 5.92 Å². The number of hydrogen-bond acceptors (Lipinski definition) is 7. The molecule has 2 aromatic heterocycles. The molecule has 134 valence electrons. The fourth-order valence-electron chi connectivity index (χ4n) is 2.44. The van der Waals surface area contributed by atoms with Crippen molar-refractivity contribution in [2.75, 3.05) is 11.9 Å². The second-order valence-electron chi connectivity index (χ2n) is 5.78. The lowest BCUT2D eigenvalue weighted by Gasteiger charge is -2.21. The van der Waals surface area contributed by atoms with Crippen LogP contribution in [0.5, 0.6) is 0 Å². The first-order chi connectivity index (χ1) is 12.6. The predicted molar refractivity (Wildman–Crippen MR) is 99.6 cm³/mol. The Labute approximate surface area is 153 Å². The molecule has 2 heterocycles. The largest absolute Gasteiger partial charge is 0.422 e. The van der Waals surface area contributed by atoms with E-state index in [1.54, 1.807) is 37.4 Å². The molecule has 0 bridgehead atoms. The molecular formula is C18H17N3O4S. The second kappa shape index (κ2) is 7.92. The van der Waals surface area contributed by atoms with Gasteiger partial charge in [-0.3, -0.25) is 4.79 Å². The van der Waals surface area contributed by atoms with E-state index in [-0.39, 0.29) is 5.56 Å². The summed E-state index contributed by atoms with van der Waals surface area (Å²) in [6.45, 7) is 2.00. The Bertz CT molecular complexity index is 968. The molecule has 7 nitrogen and oxygen atoms in total. The molecule has 1 amide bonds. The van der Waals surface area contributed by atoms with Gasteiger partial charge in [0, 0.05) is 29.4 Å². The van der Waals surface area contributed by atoms with Crippen LogP contribution in [0.3, 0.4) is 0 Å². The van der Waals surface area contributed by atoms with Crippen LogP contribution in [0.1, 0.15) is 17.3 Å². The fourth-order valence-corrected chi connectivity index (χ4v) is 2.98. The minimum absolute atomic E-state index is 0.0963. The highest BCUT2D eigenvalue weighted by molar-refractivity contribution is 7.13. The van der Waals surface area contributed by atoms with Crippen molar-refractivity contribution in [1.82, 2.24) is 10.3 Å². The fraction of sp³-hybridized carbons (Fsp3) is 0.222. The van der Waals surface area contributed by atoms with Crippen LogP contribution >= 0.6 is 11.3 Å². The van der Waals surface area contributed by atoms with Crippen LogP contribution in [0.4, 0.5) is 5.13 Å². The minimum Gasteiger partial charge on any atom is -0.422 e. The Morgan fingerprint density at radius 2 is 2.19 bits per heavy atom. The van der Waals surface area contributed by atoms with Crippen LogP contribution in [-0.2, 0) is 4.79 Å². The van der Waals surface area contributed by atoms with E-state index >= 15 is 0 Å². The van der Waals surface area contributed by atoms with E-state index in [4.69, 9.17) is 4.42 Å². The van der Waals surface area contributed by atoms with E-state index in [9.17, 15) is 14.4 Å². The maximum absolute atomic E-state index is 12.6. The van der Waals surface area contributed by atoms with Crippen LogP contribution in [-0.4, -0.2) is 29.8 Å². The minimum atomic E-state index is -0.716. The van der Waals surface area contributed by atoms with Crippen molar-refractivity contribution in [3.8, 4) is 0 Å². The number of rotatable bonds is 7. The SMILES string of the molecule is C[C@H](C=O)[C@@H](CNc1nccs1)NC(=O)c1cc2ccccc2oc1=O. The number of anilines is 1. The summed E-state index contributed by atoms with van der Waals surface area (Å²) in [4.78, 5) is 40.0. The highest BCUT2D eigenvalue weighted by atomic mass is 32.1. The third kappa shape index (κ3) is 3.97. The van der Waals surface area contributed by atoms with Gasteiger partial charge in [0.15, 0.2) is 5.13 Å². The number of aromatic nitrogens is 1. The molecule has 0 radical (unpaired) electrons. The molecular weight excluding hydrogens is 354 g/mol. The van der Waals surface area contributed by atoms with Gasteiger partial charge in [0.25, 0.3) is 5.91 Å². The van der Waals surface area contributed by atoms with Gasteiger partial charge in [-0.15, -0.1) is 11.3 Å². The van der Waals surface area contributed by atoms with Crippen molar-refractivity contribution in [3.05, 3.63) is 57.9 Å². The molecule has 1 aromatic carbocycles. The number of fused-ring (bicyclic) bond motifs is 1. The Morgan fingerprint density at radius 1 is 1.38 bits per heavy atom. The van der Waals surface area contributed by atoms with Gasteiger partial charge in [-0.25, -0.2) is 9.78 Å². The van der Waals surface area contributed by atoms with Crippen molar-refractivity contribution in [2.45, 2.75) is 13.0 Å². The molecule has 0 saturated heterocycles. The lowest BCUT2D eigenvalue weighted by atomic mass is 10.0. The lowest BCUT2D eigenvalue weighted by molar-refractivity contribution is -0.111. The first-order valence-electron chi connectivity index (χ1n) is 8.01. The highest BCUT2D eigenvalue weighted by Gasteiger charge is 2.22. The van der Waals surface area contributed by atoms with Crippen molar-refractivity contribution < 1.29 is 14.0 Å². The Balaban J connectivity index is 1.79. The number of thiazole rings is 1. The first-order valence-corrected chi connectivity index (χ1v) is 8.89. The maximum Gasteiger partial charge on any atom is 0.349 e. The quantitative estimate of drug-likeness (QED) is 0.488. The van der Waals surface area contributed by atoms with Crippen LogP contribution in [0.15, 0.2) is 51.1 Å². The summed E-state index contributed by atoms with van der Waals surface area (Å²) in [6, 6.07) is 7.94. The van der Waals surface area contributed by atoms with Crippen LogP contribution < -0.4 is 16.3 Å². The van der Waals surface area contributed by atoms with Gasteiger partial charge in [-0.2, -0.15) is 0 Å². The zero-order valence-electron chi connectivity index (χ0n) is 14.0. The first kappa shape index (κ1) is 17.8. The molecule has 0 saturated carbocycles. The topological polar surface area (TPSA) is 101 Å². The molecule has 0 aliphatic rings. The molecule has 0 spiro atoms. The van der Waals surface area contributed by atoms with Gasteiger partial charge in [-0.1, -0.05) is 25.1 Å². The molecule has 2 atom stereocenters. The predicted octanol–water partition coefficient (Wildman–Crippen LogP) is 2.29. The van der Waals surface area contributed by atoms with Gasteiger partial charge >= 0.3 is 5.63 Å². The zero-order valence-corrected chi connectivity index (χ0v) is 14.8. The Morgan fingerprint density at radius 3 is 2.92 bits per heavy atom. The molecule has 3 rings (SSSR count). The number of para-hydroxylation sites is 1. The number of amides is 1. The average Bonchev–Trinajstić information content (AvgIpc) is 3.17. The second-order valence-corrected chi connectivity index (χ2v) is 6.67. The number of carbonyl (C=O) groups is 2. The number of nitrogens with zero attached hydrogens (tertiary/aromatic N) is 1. The van der Waals surface area contributed by atoms with E-state index in [0.717, 1.165) is 6.29 Å². The normalized spacial score (nSPS) is 13.1. The van der Waals surface area contributed by atoms with E-state index in [1.807, 2.05) is 5.38 Å². The van der Waals surface area contributed by atoms with Crippen LogP contribution in [0.25, 0.3) is 11.0 Å². The number of nitrogens with one attached hydrogen (secondary N) is 2. The van der Waals surface area contributed by atoms with Crippen molar-refractivity contribution in [3.63, 3.8) is 0 Å². The van der Waals surface area contributed by atoms with E-state index in [0.29, 0.717) is 22.6 Å². The zero-order chi connectivity index (χ0) is 18.5. The molecule has 26 heavy (non-hydrogen) atoms. The summed E-state index contributed by atoms with van der Waals surface area (Å²) in [7, 11) is 0. The van der Waals surface area contributed by atoms with Crippen molar-refractivity contribution in [1.29, 1.82) is 0 Å². The summed E-state index contributed by atoms with van der Waals surface area (Å²) in [5.74, 6) is -1.02. The van der Waals surface area contributed by atoms with E-state index in [1.165, 1.54) is 17.4 Å². The van der Waals surface area contributed by atoms with Crippen molar-refractivity contribution >= 4 is 39.6 Å². The molecule has 0 aliphatic heterocycles. The molecule has 3 aromatic rings. The van der Waals surface area contributed by atoms with Gasteiger partial charge in [0.05, 0.1) is 6.04 Å². The molecule has 0 unspecified atom stereocenters. The summed E-state index contributed by atoms with van der Waals surface area (Å²) in [6.07, 6.45) is 2.42. The molecule has 8 heteroatoms. The van der Waals surface area contributed by atoms with E-state index in [2.05, 4.69) is 15.6 Å². The highest BCUT2D eigenvalue weighted by Crippen LogP contribution is 2.14. The Hall–Kier alpha value is -3.00. The summed E-state index contributed by atoms with van der Waals surface area (Å²) in [5.41, 5.74) is -0.398. The number of hydrogen-bond donors (Lipinski definition) is 2. The lowest BCUT2D eigenvalue weighted by Crippen LogP contribution is -2.45. The monoisotopic (exact) mass is 371 g/mol. The summed E-state index contributed by atoms with van der Waals surface area (Å²) >= 11 is 1.42. The summed E-state index contributed by atoms with van der Waals surface area (Å²) in [5, 5.41) is 8.97. The Kier molecular flexibility index (Phi) is 5.43. The number of carbonyl (C=O) groups excluding carboxylic acids is 2. The number of aldehydes is 1. The maximum atomic E-state index is 12.6. The van der Waals surface area contributed by atoms with Crippen LogP contribution in [0.2, 0.25) is 0 Å². The molecule has 0 fully saturated rings. The smallest absolute Gasteiger partial charge is 0.349 e. The van der Waals surface area contributed by atoms with Gasteiger partial charge in [0.2, 0.25) is 0 Å². The van der Waals surface area contributed by atoms with Gasteiger partial charge in [-0.05, 0) is 12.1 Å². The van der Waals surface area contributed by atoms with Crippen LogP contribution in [0, 0.1) is 5.92 Å². The van der Waals surface area contributed by atoms with E-state index < -0.39 is 23.5 Å². The van der Waals surface area contributed by atoms with Gasteiger partial charge in [0.1, 0.15) is 17.4 Å². The average molecular weight is 371 g/mol.